The van der Waals surface area contributed by atoms with Gasteiger partial charge in [0.1, 0.15) is 5.75 Å². The number of nitrogens with one attached hydrogen (secondary N) is 1. The number of carbonyl (C=O) groups is 1. The maximum atomic E-state index is 12.3. The van der Waals surface area contributed by atoms with Crippen molar-refractivity contribution in [3.63, 3.8) is 0 Å². The Morgan fingerprint density at radius 1 is 1.47 bits per heavy atom. The molecule has 0 atom stereocenters. The van der Waals surface area contributed by atoms with Gasteiger partial charge in [0.15, 0.2) is 0 Å². The van der Waals surface area contributed by atoms with E-state index in [2.05, 4.69) is 14.5 Å². The van der Waals surface area contributed by atoms with E-state index in [-0.39, 0.29) is 11.4 Å². The number of halogens is 4. The lowest BCUT2D eigenvalue weighted by Crippen LogP contribution is -2.25. The zero-order valence-electron chi connectivity index (χ0n) is 9.64. The van der Waals surface area contributed by atoms with E-state index in [9.17, 15) is 22.8 Å². The fourth-order valence-corrected chi connectivity index (χ4v) is 1.52. The number of ether oxygens (including phenoxy) is 2. The van der Waals surface area contributed by atoms with E-state index in [0.717, 1.165) is 13.3 Å². The Balaban J connectivity index is 3.32. The molecule has 1 N–H and O–H groups in total. The molecule has 0 amide bonds. The minimum atomic E-state index is -5.00. The fourth-order valence-electron chi connectivity index (χ4n) is 1.32. The second-order valence-corrected chi connectivity index (χ2v) is 3.65. The third-order valence-electron chi connectivity index (χ3n) is 2.13. The molecular formula is C10H9ClF3NO4. The van der Waals surface area contributed by atoms with Gasteiger partial charge in [-0.2, -0.15) is 0 Å². The van der Waals surface area contributed by atoms with Gasteiger partial charge in [0.25, 0.3) is 5.56 Å². The maximum Gasteiger partial charge on any atom is 0.573 e. The summed E-state index contributed by atoms with van der Waals surface area (Å²) in [5, 5.41) is 0. The summed E-state index contributed by atoms with van der Waals surface area (Å²) < 4.78 is 45.0. The minimum absolute atomic E-state index is 0.0857. The predicted octanol–water partition coefficient (Wildman–Crippen LogP) is 1.73. The first-order valence-electron chi connectivity index (χ1n) is 4.90. The molecule has 5 nitrogen and oxygen atoms in total. The van der Waals surface area contributed by atoms with Gasteiger partial charge < -0.3 is 14.5 Å². The standard InChI is InChI=1S/C10H9ClF3NO4/c1-18-7(16)2-6-8(19-10(12,13)14)5(3-11)4-15-9(6)17/h4H,2-3H2,1H3,(H,15,17). The molecule has 1 heterocycles. The van der Waals surface area contributed by atoms with Gasteiger partial charge in [-0.05, 0) is 0 Å². The molecule has 0 saturated carbocycles. The molecule has 19 heavy (non-hydrogen) atoms. The van der Waals surface area contributed by atoms with Crippen molar-refractivity contribution in [2.45, 2.75) is 18.7 Å². The number of hydrogen-bond acceptors (Lipinski definition) is 4. The van der Waals surface area contributed by atoms with Crippen LogP contribution in [0.2, 0.25) is 0 Å². The second kappa shape index (κ2) is 5.96. The summed E-state index contributed by atoms with van der Waals surface area (Å²) in [6, 6.07) is 0. The quantitative estimate of drug-likeness (QED) is 0.679. The van der Waals surface area contributed by atoms with Crippen molar-refractivity contribution in [1.29, 1.82) is 0 Å². The Labute approximate surface area is 110 Å². The molecular weight excluding hydrogens is 291 g/mol. The van der Waals surface area contributed by atoms with Crippen molar-refractivity contribution in [2.24, 2.45) is 0 Å². The molecule has 1 aromatic rings. The van der Waals surface area contributed by atoms with Gasteiger partial charge in [0.05, 0.1) is 25.0 Å². The normalized spacial score (nSPS) is 11.2. The highest BCUT2D eigenvalue weighted by atomic mass is 35.5. The van der Waals surface area contributed by atoms with Gasteiger partial charge in [-0.15, -0.1) is 24.8 Å². The first kappa shape index (κ1) is 15.4. The van der Waals surface area contributed by atoms with Gasteiger partial charge in [0, 0.05) is 11.8 Å². The van der Waals surface area contributed by atoms with Crippen LogP contribution in [0.25, 0.3) is 0 Å². The lowest BCUT2D eigenvalue weighted by atomic mass is 10.1. The van der Waals surface area contributed by atoms with E-state index in [1.165, 1.54) is 0 Å². The number of H-pyrrole nitrogens is 1. The van der Waals surface area contributed by atoms with E-state index in [1.54, 1.807) is 0 Å². The van der Waals surface area contributed by atoms with Crippen molar-refractivity contribution in [2.75, 3.05) is 7.11 Å². The summed E-state index contributed by atoms with van der Waals surface area (Å²) in [7, 11) is 1.05. The van der Waals surface area contributed by atoms with Crippen LogP contribution in [-0.2, 0) is 21.8 Å². The molecule has 0 unspecified atom stereocenters. The van der Waals surface area contributed by atoms with Crippen LogP contribution in [0.5, 0.6) is 5.75 Å². The number of alkyl halides is 4. The monoisotopic (exact) mass is 299 g/mol. The molecule has 1 aromatic heterocycles. The van der Waals surface area contributed by atoms with Crippen LogP contribution in [0.15, 0.2) is 11.0 Å². The molecule has 0 aliphatic carbocycles. The summed E-state index contributed by atoms with van der Waals surface area (Å²) in [6.45, 7) is 0. The van der Waals surface area contributed by atoms with Gasteiger partial charge in [-0.25, -0.2) is 0 Å². The van der Waals surface area contributed by atoms with Crippen molar-refractivity contribution >= 4 is 17.6 Å². The van der Waals surface area contributed by atoms with E-state index in [0.29, 0.717) is 0 Å². The third kappa shape index (κ3) is 4.16. The first-order chi connectivity index (χ1) is 8.78. The molecule has 0 aliphatic heterocycles. The van der Waals surface area contributed by atoms with Gasteiger partial charge >= 0.3 is 12.3 Å². The number of aromatic amines is 1. The van der Waals surface area contributed by atoms with Crippen LogP contribution in [0.4, 0.5) is 13.2 Å². The van der Waals surface area contributed by atoms with Crippen LogP contribution >= 0.6 is 11.6 Å². The Hall–Kier alpha value is -1.70. The Kier molecular flexibility index (Phi) is 4.82. The van der Waals surface area contributed by atoms with E-state index >= 15 is 0 Å². The summed E-state index contributed by atoms with van der Waals surface area (Å²) in [5.74, 6) is -1.96. The molecule has 0 fully saturated rings. The topological polar surface area (TPSA) is 68.4 Å². The Morgan fingerprint density at radius 3 is 2.58 bits per heavy atom. The zero-order valence-corrected chi connectivity index (χ0v) is 10.4. The van der Waals surface area contributed by atoms with Crippen molar-refractivity contribution in [1.82, 2.24) is 4.98 Å². The SMILES string of the molecule is COC(=O)Cc1c(OC(F)(F)F)c(CCl)c[nH]c1=O. The highest BCUT2D eigenvalue weighted by Crippen LogP contribution is 2.29. The molecule has 0 bridgehead atoms. The van der Waals surface area contributed by atoms with Gasteiger partial charge in [-0.1, -0.05) is 0 Å². The fraction of sp³-hybridized carbons (Fsp3) is 0.400. The first-order valence-corrected chi connectivity index (χ1v) is 5.44. The van der Waals surface area contributed by atoms with E-state index in [4.69, 9.17) is 11.6 Å². The average Bonchev–Trinajstić information content (AvgIpc) is 2.32. The molecule has 0 aromatic carbocycles. The highest BCUT2D eigenvalue weighted by molar-refractivity contribution is 6.17. The summed E-state index contributed by atoms with van der Waals surface area (Å²) in [6.07, 6.45) is -4.65. The maximum absolute atomic E-state index is 12.3. The molecule has 0 radical (unpaired) electrons. The number of pyridine rings is 1. The number of rotatable bonds is 4. The van der Waals surface area contributed by atoms with Crippen LogP contribution < -0.4 is 10.3 Å². The van der Waals surface area contributed by atoms with Crippen LogP contribution in [-0.4, -0.2) is 24.4 Å². The largest absolute Gasteiger partial charge is 0.573 e. The van der Waals surface area contributed by atoms with E-state index in [1.807, 2.05) is 0 Å². The number of esters is 1. The van der Waals surface area contributed by atoms with Crippen LogP contribution in [0, 0.1) is 0 Å². The van der Waals surface area contributed by atoms with Crippen LogP contribution in [0.1, 0.15) is 11.1 Å². The number of aromatic nitrogens is 1. The molecule has 0 saturated heterocycles. The van der Waals surface area contributed by atoms with Crippen molar-refractivity contribution in [3.8, 4) is 5.75 Å². The lowest BCUT2D eigenvalue weighted by molar-refractivity contribution is -0.275. The Bertz CT molecular complexity index is 526. The van der Waals surface area contributed by atoms with Crippen molar-refractivity contribution in [3.05, 3.63) is 27.7 Å². The summed E-state index contributed by atoms with van der Waals surface area (Å²) in [4.78, 5) is 24.8. The molecule has 0 spiro atoms. The molecule has 9 heteroatoms. The zero-order chi connectivity index (χ0) is 14.6. The lowest BCUT2D eigenvalue weighted by Gasteiger charge is -2.15. The molecule has 106 valence electrons. The Morgan fingerprint density at radius 2 is 2.11 bits per heavy atom. The average molecular weight is 300 g/mol. The van der Waals surface area contributed by atoms with Crippen LogP contribution in [0.3, 0.4) is 0 Å². The third-order valence-corrected chi connectivity index (χ3v) is 2.42. The van der Waals surface area contributed by atoms with Gasteiger partial charge in [0.2, 0.25) is 0 Å². The highest BCUT2D eigenvalue weighted by Gasteiger charge is 2.34. The molecule has 0 aliphatic rings. The minimum Gasteiger partial charge on any atom is -0.469 e. The smallest absolute Gasteiger partial charge is 0.469 e. The van der Waals surface area contributed by atoms with E-state index < -0.39 is 35.6 Å². The van der Waals surface area contributed by atoms with Gasteiger partial charge in [-0.3, -0.25) is 9.59 Å². The predicted molar refractivity (Wildman–Crippen MR) is 59.0 cm³/mol. The summed E-state index contributed by atoms with van der Waals surface area (Å²) in [5.41, 5.74) is -1.45. The summed E-state index contributed by atoms with van der Waals surface area (Å²) >= 11 is 5.47. The number of methoxy groups -OCH3 is 1. The molecule has 1 rings (SSSR count). The number of carbonyl (C=O) groups excluding carboxylic acids is 1. The van der Waals surface area contributed by atoms with Crippen molar-refractivity contribution < 1.29 is 27.4 Å². The second-order valence-electron chi connectivity index (χ2n) is 3.39. The number of hydrogen-bond donors (Lipinski definition) is 1.